The maximum atomic E-state index is 14.8. The summed E-state index contributed by atoms with van der Waals surface area (Å²) in [6, 6.07) is 12.2. The van der Waals surface area contributed by atoms with Crippen molar-refractivity contribution in [1.29, 1.82) is 0 Å². The number of benzene rings is 2. The Bertz CT molecular complexity index is 1560. The second-order valence-corrected chi connectivity index (χ2v) is 8.96. The quantitative estimate of drug-likeness (QED) is 0.253. The number of halogens is 5. The summed E-state index contributed by atoms with van der Waals surface area (Å²) >= 11 is 6.26. The average Bonchev–Trinajstić information content (AvgIpc) is 3.65. The van der Waals surface area contributed by atoms with Crippen molar-refractivity contribution >= 4 is 34.9 Å². The molecule has 13 heteroatoms. The van der Waals surface area contributed by atoms with Gasteiger partial charge in [-0.2, -0.15) is 13.2 Å². The van der Waals surface area contributed by atoms with E-state index in [0.29, 0.717) is 0 Å². The van der Waals surface area contributed by atoms with E-state index in [1.807, 2.05) is 0 Å². The Morgan fingerprint density at radius 1 is 1.00 bits per heavy atom. The van der Waals surface area contributed by atoms with E-state index in [9.17, 15) is 27.2 Å². The number of nitrogens with one attached hydrogen (secondary N) is 2. The van der Waals surface area contributed by atoms with E-state index in [-0.39, 0.29) is 45.5 Å². The molecule has 1 aliphatic rings. The molecule has 0 bridgehead atoms. The van der Waals surface area contributed by atoms with Crippen molar-refractivity contribution in [2.75, 3.05) is 10.6 Å². The van der Waals surface area contributed by atoms with Crippen LogP contribution in [0, 0.1) is 11.7 Å². The molecule has 2 amide bonds. The normalized spacial score (nSPS) is 13.2. The minimum atomic E-state index is -4.90. The van der Waals surface area contributed by atoms with Crippen LogP contribution in [0.2, 0.25) is 5.02 Å². The number of hydrogen-bond acceptors (Lipinski definition) is 5. The second-order valence-electron chi connectivity index (χ2n) is 8.58. The topological polar surface area (TPSA) is 98.1 Å². The summed E-state index contributed by atoms with van der Waals surface area (Å²) in [6.45, 7) is 0. The Morgan fingerprint density at radius 3 is 2.41 bits per heavy atom. The molecule has 1 fully saturated rings. The molecular formula is C26H18ClF4N5O3. The molecule has 200 valence electrons. The molecular weight excluding hydrogens is 542 g/mol. The number of imidazole rings is 1. The van der Waals surface area contributed by atoms with E-state index in [2.05, 4.69) is 20.6 Å². The Hall–Kier alpha value is -4.45. The van der Waals surface area contributed by atoms with Crippen LogP contribution in [0.5, 0.6) is 11.5 Å². The van der Waals surface area contributed by atoms with Crippen molar-refractivity contribution in [2.24, 2.45) is 5.92 Å². The number of carbonyl (C=O) groups is 2. The Labute approximate surface area is 223 Å². The van der Waals surface area contributed by atoms with Gasteiger partial charge in [-0.15, -0.1) is 0 Å². The molecule has 0 saturated heterocycles. The third kappa shape index (κ3) is 5.70. The molecule has 8 nitrogen and oxygen atoms in total. The van der Waals surface area contributed by atoms with E-state index in [4.69, 9.17) is 16.3 Å². The van der Waals surface area contributed by atoms with Crippen LogP contribution in [-0.2, 0) is 11.0 Å². The number of alkyl halides is 3. The van der Waals surface area contributed by atoms with Gasteiger partial charge in [0.15, 0.2) is 34.5 Å². The predicted molar refractivity (Wildman–Crippen MR) is 134 cm³/mol. The number of para-hydroxylation sites is 1. The molecule has 0 aliphatic heterocycles. The van der Waals surface area contributed by atoms with E-state index >= 15 is 0 Å². The van der Waals surface area contributed by atoms with Gasteiger partial charge in [0, 0.05) is 35.6 Å². The molecule has 1 aliphatic carbocycles. The highest BCUT2D eigenvalue weighted by Crippen LogP contribution is 2.37. The van der Waals surface area contributed by atoms with Crippen LogP contribution in [0.1, 0.15) is 29.0 Å². The number of rotatable bonds is 7. The lowest BCUT2D eigenvalue weighted by Gasteiger charge is -2.14. The van der Waals surface area contributed by atoms with Gasteiger partial charge in [-0.25, -0.2) is 14.4 Å². The molecule has 5 rings (SSSR count). The van der Waals surface area contributed by atoms with Gasteiger partial charge < -0.3 is 15.4 Å². The number of pyridine rings is 1. The lowest BCUT2D eigenvalue weighted by Crippen LogP contribution is -2.21. The van der Waals surface area contributed by atoms with Gasteiger partial charge in [0.05, 0.1) is 0 Å². The zero-order chi connectivity index (χ0) is 27.7. The molecule has 4 aromatic rings. The van der Waals surface area contributed by atoms with Crippen molar-refractivity contribution in [1.82, 2.24) is 14.5 Å². The summed E-state index contributed by atoms with van der Waals surface area (Å²) < 4.78 is 62.7. The monoisotopic (exact) mass is 559 g/mol. The van der Waals surface area contributed by atoms with Gasteiger partial charge in [0.1, 0.15) is 11.3 Å². The fourth-order valence-corrected chi connectivity index (χ4v) is 3.89. The molecule has 0 atom stereocenters. The van der Waals surface area contributed by atoms with E-state index in [1.165, 1.54) is 30.5 Å². The van der Waals surface area contributed by atoms with Crippen molar-refractivity contribution in [2.45, 2.75) is 19.0 Å². The first kappa shape index (κ1) is 26.2. The SMILES string of the molecule is O=C(Nc1ccc(Oc2ccnc(NC(=O)C3CC3)c2Cl)c(F)c1)c1ncn(-c2ccccc2)c1C(F)(F)F. The highest BCUT2D eigenvalue weighted by atomic mass is 35.5. The van der Waals surface area contributed by atoms with Crippen LogP contribution in [0.3, 0.4) is 0 Å². The average molecular weight is 560 g/mol. The summed E-state index contributed by atoms with van der Waals surface area (Å²) in [4.78, 5) is 32.4. The van der Waals surface area contributed by atoms with Crippen molar-refractivity contribution in [3.63, 3.8) is 0 Å². The number of ether oxygens (including phenoxy) is 1. The molecule has 2 aromatic carbocycles. The first-order valence-electron chi connectivity index (χ1n) is 11.6. The standard InChI is InChI=1S/C26H18ClF4N5O3/c27-20-19(10-11-32-23(20)35-24(37)14-6-7-14)39-18-9-8-15(12-17(18)28)34-25(38)21-22(26(29,30)31)36(13-33-21)16-4-2-1-3-5-16/h1-5,8-14H,6-7H2,(H,34,38)(H,32,35,37). The highest BCUT2D eigenvalue weighted by Gasteiger charge is 2.40. The lowest BCUT2D eigenvalue weighted by molar-refractivity contribution is -0.142. The van der Waals surface area contributed by atoms with Crippen LogP contribution in [0.4, 0.5) is 29.1 Å². The molecule has 2 heterocycles. The van der Waals surface area contributed by atoms with Crippen LogP contribution >= 0.6 is 11.6 Å². The zero-order valence-corrected chi connectivity index (χ0v) is 20.6. The van der Waals surface area contributed by atoms with Crippen molar-refractivity contribution < 1.29 is 31.9 Å². The van der Waals surface area contributed by atoms with E-state index in [0.717, 1.165) is 35.9 Å². The third-order valence-electron chi connectivity index (χ3n) is 5.74. The minimum absolute atomic E-state index is 0.00900. The first-order valence-corrected chi connectivity index (χ1v) is 11.9. The summed E-state index contributed by atoms with van der Waals surface area (Å²) in [6.07, 6.45) is -1.13. The maximum Gasteiger partial charge on any atom is 0.434 e. The molecule has 0 unspecified atom stereocenters. The molecule has 39 heavy (non-hydrogen) atoms. The van der Waals surface area contributed by atoms with Gasteiger partial charge >= 0.3 is 6.18 Å². The number of anilines is 2. The summed E-state index contributed by atoms with van der Waals surface area (Å²) in [5.41, 5.74) is -2.13. The zero-order valence-electron chi connectivity index (χ0n) is 19.8. The van der Waals surface area contributed by atoms with E-state index < -0.39 is 29.3 Å². The fourth-order valence-electron chi connectivity index (χ4n) is 3.70. The second kappa shape index (κ2) is 10.4. The molecule has 1 saturated carbocycles. The van der Waals surface area contributed by atoms with Gasteiger partial charge in [-0.05, 0) is 37.1 Å². The van der Waals surface area contributed by atoms with Crippen LogP contribution < -0.4 is 15.4 Å². The molecule has 2 aromatic heterocycles. The molecule has 2 N–H and O–H groups in total. The van der Waals surface area contributed by atoms with Crippen LogP contribution in [0.15, 0.2) is 67.1 Å². The largest absolute Gasteiger partial charge is 0.453 e. The van der Waals surface area contributed by atoms with Gasteiger partial charge in [0.2, 0.25) is 5.91 Å². The van der Waals surface area contributed by atoms with E-state index in [1.54, 1.807) is 18.2 Å². The number of aromatic nitrogens is 3. The maximum absolute atomic E-state index is 14.8. The van der Waals surface area contributed by atoms with Gasteiger partial charge in [0.25, 0.3) is 5.91 Å². The molecule has 0 spiro atoms. The lowest BCUT2D eigenvalue weighted by atomic mass is 10.2. The van der Waals surface area contributed by atoms with Gasteiger partial charge in [-0.1, -0.05) is 29.8 Å². The van der Waals surface area contributed by atoms with Crippen molar-refractivity contribution in [3.8, 4) is 17.2 Å². The smallest absolute Gasteiger partial charge is 0.434 e. The van der Waals surface area contributed by atoms with Crippen molar-refractivity contribution in [3.05, 3.63) is 89.3 Å². The fraction of sp³-hybridized carbons (Fsp3) is 0.154. The summed E-state index contributed by atoms with van der Waals surface area (Å²) in [5, 5.41) is 4.78. The van der Waals surface area contributed by atoms with Crippen LogP contribution in [0.25, 0.3) is 5.69 Å². The number of hydrogen-bond donors (Lipinski definition) is 2. The van der Waals surface area contributed by atoms with Crippen LogP contribution in [-0.4, -0.2) is 26.3 Å². The molecule has 0 radical (unpaired) electrons. The number of amides is 2. The third-order valence-corrected chi connectivity index (χ3v) is 6.10. The number of carbonyl (C=O) groups excluding carboxylic acids is 2. The Morgan fingerprint density at radius 2 is 1.74 bits per heavy atom. The summed E-state index contributed by atoms with van der Waals surface area (Å²) in [5.74, 6) is -2.65. The number of nitrogens with zero attached hydrogens (tertiary/aromatic N) is 3. The Kier molecular flexibility index (Phi) is 6.96. The minimum Gasteiger partial charge on any atom is -0.453 e. The Balaban J connectivity index is 1.34. The first-order chi connectivity index (χ1) is 18.6. The summed E-state index contributed by atoms with van der Waals surface area (Å²) in [7, 11) is 0. The van der Waals surface area contributed by atoms with Gasteiger partial charge in [-0.3, -0.25) is 14.2 Å². The predicted octanol–water partition coefficient (Wildman–Crippen LogP) is 6.47. The highest BCUT2D eigenvalue weighted by molar-refractivity contribution is 6.34.